The van der Waals surface area contributed by atoms with Gasteiger partial charge in [-0.15, -0.1) is 0 Å². The Kier molecular flexibility index (Phi) is 11.1. The molecule has 0 aliphatic carbocycles. The minimum absolute atomic E-state index is 0.129. The SMILES string of the molecule is COC(=O)/C(=C/[C@@H](c1ccc(Cl)cc1)[C@@](OCc1ccccc1[N+](=O)[O-])(C(=O)OC)c1ccccc1)NS(=O)(=O)c1ccc(C)cc1. The summed E-state index contributed by atoms with van der Waals surface area (Å²) in [5.41, 5.74) is -1.38. The topological polar surface area (TPSA) is 151 Å². The fraction of sp³-hybridized carbons (Fsp3) is 0.176. The van der Waals surface area contributed by atoms with Crippen molar-refractivity contribution in [3.05, 3.63) is 152 Å². The molecule has 4 aromatic carbocycles. The van der Waals surface area contributed by atoms with Gasteiger partial charge in [0.25, 0.3) is 15.7 Å². The van der Waals surface area contributed by atoms with Crippen LogP contribution in [0.3, 0.4) is 0 Å². The Morgan fingerprint density at radius 1 is 0.915 bits per heavy atom. The molecule has 0 saturated carbocycles. The number of benzene rings is 4. The number of carbonyl (C=O) groups excluding carboxylic acids is 2. The van der Waals surface area contributed by atoms with Gasteiger partial charge in [0, 0.05) is 17.0 Å². The van der Waals surface area contributed by atoms with E-state index in [4.69, 9.17) is 25.8 Å². The van der Waals surface area contributed by atoms with Crippen molar-refractivity contribution in [2.45, 2.75) is 29.9 Å². The summed E-state index contributed by atoms with van der Waals surface area (Å²) < 4.78 is 46.0. The average molecular weight is 679 g/mol. The van der Waals surface area contributed by atoms with Gasteiger partial charge < -0.3 is 14.2 Å². The highest BCUT2D eigenvalue weighted by Gasteiger charge is 2.50. The van der Waals surface area contributed by atoms with Crippen molar-refractivity contribution in [1.82, 2.24) is 4.72 Å². The van der Waals surface area contributed by atoms with Crippen molar-refractivity contribution in [3.8, 4) is 0 Å². The molecule has 0 radical (unpaired) electrons. The number of carbonyl (C=O) groups is 2. The zero-order chi connectivity index (χ0) is 34.2. The van der Waals surface area contributed by atoms with Gasteiger partial charge in [-0.25, -0.2) is 18.0 Å². The van der Waals surface area contributed by atoms with Crippen LogP contribution in [0.25, 0.3) is 0 Å². The summed E-state index contributed by atoms with van der Waals surface area (Å²) in [6.45, 7) is 1.34. The van der Waals surface area contributed by atoms with E-state index in [0.717, 1.165) is 19.8 Å². The lowest BCUT2D eigenvalue weighted by Crippen LogP contribution is -2.45. The number of hydrogen-bond donors (Lipinski definition) is 1. The van der Waals surface area contributed by atoms with Gasteiger partial charge in [-0.05, 0) is 54.5 Å². The maximum absolute atomic E-state index is 14.1. The number of ether oxygens (including phenoxy) is 3. The highest BCUT2D eigenvalue weighted by Crippen LogP contribution is 2.44. The van der Waals surface area contributed by atoms with Crippen LogP contribution in [0.5, 0.6) is 0 Å². The van der Waals surface area contributed by atoms with E-state index < -0.39 is 50.7 Å². The van der Waals surface area contributed by atoms with Gasteiger partial charge >= 0.3 is 11.9 Å². The standard InChI is InChI=1S/C34H31ClN2O9S/c1-23-13-19-28(20-14-23)47(42,43)36-30(32(38)44-2)21-29(24-15-17-27(35)18-16-24)34(33(39)45-3,26-10-5-4-6-11-26)46-22-25-9-7-8-12-31(25)37(40)41/h4-21,29,36H,22H2,1-3H3/b30-21-/t29-,34+/m0/s1. The van der Waals surface area contributed by atoms with Crippen LogP contribution in [0.2, 0.25) is 5.02 Å². The van der Waals surface area contributed by atoms with Gasteiger partial charge in [-0.3, -0.25) is 14.8 Å². The first kappa shape index (κ1) is 34.8. The van der Waals surface area contributed by atoms with E-state index in [2.05, 4.69) is 4.72 Å². The van der Waals surface area contributed by atoms with Crippen molar-refractivity contribution in [2.24, 2.45) is 0 Å². The second-order valence-corrected chi connectivity index (χ2v) is 12.4. The molecule has 0 aliphatic rings. The fourth-order valence-electron chi connectivity index (χ4n) is 4.96. The molecule has 0 aliphatic heterocycles. The monoisotopic (exact) mass is 678 g/mol. The van der Waals surface area contributed by atoms with Crippen LogP contribution in [0, 0.1) is 17.0 Å². The summed E-state index contributed by atoms with van der Waals surface area (Å²) in [6.07, 6.45) is 1.20. The largest absolute Gasteiger partial charge is 0.467 e. The molecular formula is C34H31ClN2O9S. The Labute approximate surface area is 276 Å². The molecule has 0 aromatic heterocycles. The summed E-state index contributed by atoms with van der Waals surface area (Å²) in [7, 11) is -2.13. The zero-order valence-corrected chi connectivity index (χ0v) is 27.2. The maximum Gasteiger partial charge on any atom is 0.354 e. The van der Waals surface area contributed by atoms with Crippen LogP contribution >= 0.6 is 11.6 Å². The number of sulfonamides is 1. The van der Waals surface area contributed by atoms with Crippen LogP contribution in [0.4, 0.5) is 5.69 Å². The second-order valence-electron chi connectivity index (χ2n) is 10.3. The van der Waals surface area contributed by atoms with E-state index in [1.54, 1.807) is 79.7 Å². The molecule has 1 N–H and O–H groups in total. The van der Waals surface area contributed by atoms with E-state index in [9.17, 15) is 28.1 Å². The fourth-order valence-corrected chi connectivity index (χ4v) is 6.14. The molecular weight excluding hydrogens is 648 g/mol. The van der Waals surface area contributed by atoms with Crippen molar-refractivity contribution in [3.63, 3.8) is 0 Å². The van der Waals surface area contributed by atoms with Gasteiger partial charge in [0.15, 0.2) is 0 Å². The Hall–Kier alpha value is -5.04. The van der Waals surface area contributed by atoms with Gasteiger partial charge in [0.2, 0.25) is 5.60 Å². The molecule has 0 saturated heterocycles. The van der Waals surface area contributed by atoms with Crippen molar-refractivity contribution in [2.75, 3.05) is 14.2 Å². The highest BCUT2D eigenvalue weighted by molar-refractivity contribution is 7.89. The summed E-state index contributed by atoms with van der Waals surface area (Å²) in [6, 6.07) is 26.2. The molecule has 47 heavy (non-hydrogen) atoms. The predicted octanol–water partition coefficient (Wildman–Crippen LogP) is 5.96. The third kappa shape index (κ3) is 7.86. The molecule has 0 heterocycles. The van der Waals surface area contributed by atoms with Crippen LogP contribution < -0.4 is 4.72 Å². The number of aryl methyl sites for hydroxylation is 1. The zero-order valence-electron chi connectivity index (χ0n) is 25.6. The predicted molar refractivity (Wildman–Crippen MR) is 174 cm³/mol. The van der Waals surface area contributed by atoms with E-state index in [1.807, 2.05) is 0 Å². The molecule has 13 heteroatoms. The maximum atomic E-state index is 14.1. The van der Waals surface area contributed by atoms with Gasteiger partial charge in [-0.1, -0.05) is 83.9 Å². The normalized spacial score (nSPS) is 13.6. The van der Waals surface area contributed by atoms with E-state index in [-0.39, 0.29) is 21.7 Å². The quantitative estimate of drug-likeness (QED) is 0.0781. The minimum atomic E-state index is -4.34. The van der Waals surface area contributed by atoms with Gasteiger partial charge in [-0.2, -0.15) is 0 Å². The van der Waals surface area contributed by atoms with E-state index >= 15 is 0 Å². The van der Waals surface area contributed by atoms with Crippen LogP contribution in [-0.2, 0) is 46.0 Å². The number of hydrogen-bond acceptors (Lipinski definition) is 9. The molecule has 244 valence electrons. The van der Waals surface area contributed by atoms with E-state index in [1.165, 1.54) is 36.4 Å². The lowest BCUT2D eigenvalue weighted by molar-refractivity contribution is -0.386. The van der Waals surface area contributed by atoms with Crippen LogP contribution in [0.1, 0.15) is 28.2 Å². The molecule has 4 rings (SSSR count). The smallest absolute Gasteiger partial charge is 0.354 e. The number of nitrogens with zero attached hydrogens (tertiary/aromatic N) is 1. The molecule has 0 unspecified atom stereocenters. The molecule has 0 bridgehead atoms. The molecule has 2 atom stereocenters. The summed E-state index contributed by atoms with van der Waals surface area (Å²) in [4.78, 5) is 38.5. The summed E-state index contributed by atoms with van der Waals surface area (Å²) in [5.74, 6) is -3.32. The number of esters is 2. The number of nitrogens with one attached hydrogen (secondary N) is 1. The first-order chi connectivity index (χ1) is 22.4. The Morgan fingerprint density at radius 3 is 2.13 bits per heavy atom. The first-order valence-corrected chi connectivity index (χ1v) is 15.9. The molecule has 11 nitrogen and oxygen atoms in total. The van der Waals surface area contributed by atoms with Crippen molar-refractivity contribution >= 4 is 39.3 Å². The number of para-hydroxylation sites is 1. The summed E-state index contributed by atoms with van der Waals surface area (Å²) in [5, 5.41) is 12.2. The molecule has 0 spiro atoms. The number of nitro benzene ring substituents is 1. The Bertz CT molecular complexity index is 1880. The number of methoxy groups -OCH3 is 2. The summed E-state index contributed by atoms with van der Waals surface area (Å²) >= 11 is 6.20. The second kappa shape index (κ2) is 15.0. The Balaban J connectivity index is 2.01. The van der Waals surface area contributed by atoms with Crippen molar-refractivity contribution < 1.29 is 37.1 Å². The van der Waals surface area contributed by atoms with Gasteiger partial charge in [0.1, 0.15) is 5.70 Å². The molecule has 0 fully saturated rings. The minimum Gasteiger partial charge on any atom is -0.467 e. The van der Waals surface area contributed by atoms with E-state index in [0.29, 0.717) is 10.6 Å². The van der Waals surface area contributed by atoms with Gasteiger partial charge in [0.05, 0.1) is 36.2 Å². The van der Waals surface area contributed by atoms with Crippen molar-refractivity contribution in [1.29, 1.82) is 0 Å². The third-order valence-electron chi connectivity index (χ3n) is 7.32. The molecule has 0 amide bonds. The van der Waals surface area contributed by atoms with Crippen LogP contribution in [-0.4, -0.2) is 39.5 Å². The van der Waals surface area contributed by atoms with Crippen LogP contribution in [0.15, 0.2) is 120 Å². The molecule has 4 aromatic rings. The lowest BCUT2D eigenvalue weighted by Gasteiger charge is -2.38. The number of halogens is 1. The lowest BCUT2D eigenvalue weighted by atomic mass is 9.76. The number of rotatable bonds is 13. The highest BCUT2D eigenvalue weighted by atomic mass is 35.5. The Morgan fingerprint density at radius 2 is 1.53 bits per heavy atom. The third-order valence-corrected chi connectivity index (χ3v) is 8.95. The first-order valence-electron chi connectivity index (χ1n) is 14.1. The number of nitro groups is 1. The average Bonchev–Trinajstić information content (AvgIpc) is 3.08.